The Morgan fingerprint density at radius 2 is 1.88 bits per heavy atom. The maximum Gasteiger partial charge on any atom is 0.306 e. The highest BCUT2D eigenvalue weighted by Crippen LogP contribution is 2.30. The third kappa shape index (κ3) is 4.26. The Hall–Kier alpha value is -1.88. The fourth-order valence-electron chi connectivity index (χ4n) is 4.22. The summed E-state index contributed by atoms with van der Waals surface area (Å²) in [6.07, 6.45) is 3.82. The van der Waals surface area contributed by atoms with Crippen molar-refractivity contribution in [3.05, 3.63) is 35.4 Å². The lowest BCUT2D eigenvalue weighted by Gasteiger charge is -2.42. The third-order valence-corrected chi connectivity index (χ3v) is 6.08. The number of aliphatic carboxylic acids is 1. The second-order valence-corrected chi connectivity index (χ2v) is 8.37. The average Bonchev–Trinajstić information content (AvgIpc) is 2.65. The molecule has 2 unspecified atom stereocenters. The van der Waals surface area contributed by atoms with E-state index in [2.05, 4.69) is 48.3 Å². The SMILES string of the molecule is CC(C)(CNC(=O)C1CCCC(C(=O)O)C1)N1CCc2ccccc2C1. The number of amides is 1. The monoisotopic (exact) mass is 358 g/mol. The minimum absolute atomic E-state index is 0.0152. The van der Waals surface area contributed by atoms with Gasteiger partial charge >= 0.3 is 5.97 Å². The molecule has 0 bridgehead atoms. The number of carboxylic acids is 1. The number of carboxylic acid groups (broad SMARTS) is 1. The molecule has 1 aromatic carbocycles. The van der Waals surface area contributed by atoms with Crippen molar-refractivity contribution in [3.8, 4) is 0 Å². The topological polar surface area (TPSA) is 69.6 Å². The number of benzene rings is 1. The molecule has 26 heavy (non-hydrogen) atoms. The first-order valence-corrected chi connectivity index (χ1v) is 9.69. The second-order valence-electron chi connectivity index (χ2n) is 8.37. The first-order valence-electron chi connectivity index (χ1n) is 9.69. The van der Waals surface area contributed by atoms with Gasteiger partial charge in [0, 0.05) is 31.1 Å². The maximum atomic E-state index is 12.6. The van der Waals surface area contributed by atoms with Crippen LogP contribution in [0.15, 0.2) is 24.3 Å². The molecule has 1 aliphatic carbocycles. The molecule has 1 fully saturated rings. The molecule has 1 amide bonds. The van der Waals surface area contributed by atoms with E-state index in [4.69, 9.17) is 0 Å². The van der Waals surface area contributed by atoms with Crippen molar-refractivity contribution >= 4 is 11.9 Å². The molecule has 0 aromatic heterocycles. The van der Waals surface area contributed by atoms with Crippen molar-refractivity contribution in [3.63, 3.8) is 0 Å². The highest BCUT2D eigenvalue weighted by Gasteiger charge is 2.33. The molecule has 3 rings (SSSR count). The molecular formula is C21H30N2O3. The van der Waals surface area contributed by atoms with Gasteiger partial charge in [-0.3, -0.25) is 14.5 Å². The molecule has 142 valence electrons. The van der Waals surface area contributed by atoms with Crippen LogP contribution in [0.3, 0.4) is 0 Å². The van der Waals surface area contributed by atoms with E-state index < -0.39 is 5.97 Å². The Morgan fingerprint density at radius 3 is 2.62 bits per heavy atom. The van der Waals surface area contributed by atoms with Crippen LogP contribution < -0.4 is 5.32 Å². The van der Waals surface area contributed by atoms with Crippen LogP contribution in [0.2, 0.25) is 0 Å². The highest BCUT2D eigenvalue weighted by atomic mass is 16.4. The lowest BCUT2D eigenvalue weighted by Crippen LogP contribution is -2.54. The molecule has 5 heteroatoms. The summed E-state index contributed by atoms with van der Waals surface area (Å²) in [5.41, 5.74) is 2.66. The van der Waals surface area contributed by atoms with E-state index in [9.17, 15) is 14.7 Å². The van der Waals surface area contributed by atoms with E-state index in [0.29, 0.717) is 19.4 Å². The summed E-state index contributed by atoms with van der Waals surface area (Å²) in [4.78, 5) is 26.2. The van der Waals surface area contributed by atoms with E-state index >= 15 is 0 Å². The van der Waals surface area contributed by atoms with Crippen LogP contribution in [0.5, 0.6) is 0 Å². The van der Waals surface area contributed by atoms with Crippen molar-refractivity contribution in [2.24, 2.45) is 11.8 Å². The van der Waals surface area contributed by atoms with Crippen LogP contribution in [0.1, 0.15) is 50.7 Å². The van der Waals surface area contributed by atoms with Crippen molar-refractivity contribution < 1.29 is 14.7 Å². The number of carbonyl (C=O) groups excluding carboxylic acids is 1. The Balaban J connectivity index is 1.55. The molecule has 2 atom stereocenters. The van der Waals surface area contributed by atoms with Gasteiger partial charge in [-0.1, -0.05) is 30.7 Å². The predicted molar refractivity (Wildman–Crippen MR) is 101 cm³/mol. The van der Waals surface area contributed by atoms with Crippen molar-refractivity contribution in [1.82, 2.24) is 10.2 Å². The van der Waals surface area contributed by atoms with Gasteiger partial charge in [0.15, 0.2) is 0 Å². The summed E-state index contributed by atoms with van der Waals surface area (Å²) < 4.78 is 0. The number of hydrogen-bond acceptors (Lipinski definition) is 3. The van der Waals surface area contributed by atoms with Crippen LogP contribution in [0.25, 0.3) is 0 Å². The van der Waals surface area contributed by atoms with Gasteiger partial charge < -0.3 is 10.4 Å². The van der Waals surface area contributed by atoms with Gasteiger partial charge in [0.05, 0.1) is 5.92 Å². The van der Waals surface area contributed by atoms with Gasteiger partial charge in [0.1, 0.15) is 0 Å². The Bertz CT molecular complexity index is 671. The molecule has 5 nitrogen and oxygen atoms in total. The average molecular weight is 358 g/mol. The van der Waals surface area contributed by atoms with Crippen LogP contribution in [-0.2, 0) is 22.6 Å². The van der Waals surface area contributed by atoms with Gasteiger partial charge in [-0.05, 0) is 50.7 Å². The van der Waals surface area contributed by atoms with Crippen molar-refractivity contribution in [2.75, 3.05) is 13.1 Å². The van der Waals surface area contributed by atoms with Crippen molar-refractivity contribution in [2.45, 2.75) is 58.0 Å². The van der Waals surface area contributed by atoms with E-state index in [-0.39, 0.29) is 23.3 Å². The predicted octanol–water partition coefficient (Wildman–Crippen LogP) is 2.83. The Labute approximate surface area is 155 Å². The van der Waals surface area contributed by atoms with Crippen molar-refractivity contribution in [1.29, 1.82) is 0 Å². The summed E-state index contributed by atoms with van der Waals surface area (Å²) in [5.74, 6) is -1.29. The summed E-state index contributed by atoms with van der Waals surface area (Å²) in [6.45, 7) is 6.82. The van der Waals surface area contributed by atoms with Gasteiger partial charge in [0.25, 0.3) is 0 Å². The van der Waals surface area contributed by atoms with Gasteiger partial charge in [-0.2, -0.15) is 0 Å². The molecule has 1 heterocycles. The molecule has 0 saturated heterocycles. The molecule has 2 aliphatic rings. The lowest BCUT2D eigenvalue weighted by atomic mass is 9.81. The van der Waals surface area contributed by atoms with Gasteiger partial charge in [0.2, 0.25) is 5.91 Å². The standard InChI is InChI=1S/C21H30N2O3/c1-21(2,23-11-10-15-6-3-4-7-18(15)13-23)14-22-19(24)16-8-5-9-17(12-16)20(25)26/h3-4,6-7,16-17H,5,8-14H2,1-2H3,(H,22,24)(H,25,26). The number of rotatable bonds is 5. The Kier molecular flexibility index (Phi) is 5.66. The molecule has 1 saturated carbocycles. The molecule has 0 radical (unpaired) electrons. The lowest BCUT2D eigenvalue weighted by molar-refractivity contribution is -0.144. The Morgan fingerprint density at radius 1 is 1.19 bits per heavy atom. The van der Waals surface area contributed by atoms with Gasteiger partial charge in [-0.15, -0.1) is 0 Å². The highest BCUT2D eigenvalue weighted by molar-refractivity contribution is 5.80. The molecule has 1 aromatic rings. The zero-order chi connectivity index (χ0) is 18.7. The number of hydrogen-bond donors (Lipinski definition) is 2. The summed E-state index contributed by atoms with van der Waals surface area (Å²) in [5, 5.41) is 12.3. The van der Waals surface area contributed by atoms with E-state index in [0.717, 1.165) is 32.4 Å². The number of fused-ring (bicyclic) bond motifs is 1. The van der Waals surface area contributed by atoms with Crippen LogP contribution in [0, 0.1) is 11.8 Å². The third-order valence-electron chi connectivity index (χ3n) is 6.08. The fraction of sp³-hybridized carbons (Fsp3) is 0.619. The first-order chi connectivity index (χ1) is 12.4. The fourth-order valence-corrected chi connectivity index (χ4v) is 4.22. The zero-order valence-electron chi connectivity index (χ0n) is 15.8. The smallest absolute Gasteiger partial charge is 0.306 e. The molecular weight excluding hydrogens is 328 g/mol. The molecule has 1 aliphatic heterocycles. The first kappa shape index (κ1) is 18.9. The van der Waals surface area contributed by atoms with E-state index in [1.807, 2.05) is 0 Å². The summed E-state index contributed by atoms with van der Waals surface area (Å²) in [6, 6.07) is 8.56. The minimum Gasteiger partial charge on any atom is -0.481 e. The summed E-state index contributed by atoms with van der Waals surface area (Å²) in [7, 11) is 0. The zero-order valence-corrected chi connectivity index (χ0v) is 15.8. The van der Waals surface area contributed by atoms with Crippen LogP contribution in [-0.4, -0.2) is 40.5 Å². The number of nitrogens with one attached hydrogen (secondary N) is 1. The number of nitrogens with zero attached hydrogens (tertiary/aromatic N) is 1. The summed E-state index contributed by atoms with van der Waals surface area (Å²) >= 11 is 0. The number of carbonyl (C=O) groups is 2. The second kappa shape index (κ2) is 7.78. The van der Waals surface area contributed by atoms with E-state index in [1.165, 1.54) is 11.1 Å². The molecule has 2 N–H and O–H groups in total. The maximum absolute atomic E-state index is 12.6. The normalized spacial score (nSPS) is 23.9. The van der Waals surface area contributed by atoms with Crippen LogP contribution in [0.4, 0.5) is 0 Å². The molecule has 0 spiro atoms. The minimum atomic E-state index is -0.769. The largest absolute Gasteiger partial charge is 0.481 e. The van der Waals surface area contributed by atoms with Gasteiger partial charge in [-0.25, -0.2) is 0 Å². The van der Waals surface area contributed by atoms with Crippen LogP contribution >= 0.6 is 0 Å². The van der Waals surface area contributed by atoms with E-state index in [1.54, 1.807) is 0 Å². The quantitative estimate of drug-likeness (QED) is 0.849.